The molecule has 3 aromatic rings. The Bertz CT molecular complexity index is 1420. The fourth-order valence-corrected chi connectivity index (χ4v) is 6.93. The van der Waals surface area contributed by atoms with Crippen molar-refractivity contribution in [1.29, 1.82) is 0 Å². The molecule has 4 heterocycles. The van der Waals surface area contributed by atoms with Gasteiger partial charge in [0, 0.05) is 63.7 Å². The van der Waals surface area contributed by atoms with Gasteiger partial charge in [-0.1, -0.05) is 38.1 Å². The maximum absolute atomic E-state index is 12.8. The van der Waals surface area contributed by atoms with Crippen LogP contribution in [0.4, 0.5) is 11.6 Å². The monoisotopic (exact) mass is 656 g/mol. The highest BCUT2D eigenvalue weighted by Gasteiger charge is 2.32. The Hall–Kier alpha value is -4.02. The zero-order valence-electron chi connectivity index (χ0n) is 29.5. The van der Waals surface area contributed by atoms with Gasteiger partial charge in [0.1, 0.15) is 22.8 Å². The number of pyridine rings is 2. The summed E-state index contributed by atoms with van der Waals surface area (Å²) in [5.74, 6) is 0.784. The van der Waals surface area contributed by atoms with Gasteiger partial charge in [0.15, 0.2) is 0 Å². The number of ether oxygens (including phenoxy) is 2. The number of esters is 2. The van der Waals surface area contributed by atoms with Crippen LogP contribution >= 0.6 is 0 Å². The largest absolute Gasteiger partial charge is 0.459 e. The summed E-state index contributed by atoms with van der Waals surface area (Å²) in [7, 11) is 0. The van der Waals surface area contributed by atoms with E-state index in [4.69, 9.17) is 9.47 Å². The van der Waals surface area contributed by atoms with Crippen molar-refractivity contribution in [3.05, 3.63) is 83.2 Å². The minimum absolute atomic E-state index is 0.179. The maximum Gasteiger partial charge on any atom is 0.342 e. The Balaban J connectivity index is 1.21. The third-order valence-electron chi connectivity index (χ3n) is 9.23. The average Bonchev–Trinajstić information content (AvgIpc) is 3.77. The lowest BCUT2D eigenvalue weighted by molar-refractivity contribution is 0.0367. The first-order valence-corrected chi connectivity index (χ1v) is 17.5. The number of nitrogens with zero attached hydrogens (tertiary/aromatic N) is 6. The molecule has 0 bridgehead atoms. The van der Waals surface area contributed by atoms with E-state index in [1.165, 1.54) is 11.1 Å². The first kappa shape index (κ1) is 35.3. The first-order chi connectivity index (χ1) is 23.2. The topological polar surface area (TPSA) is 91.3 Å². The molecule has 258 valence electrons. The second kappa shape index (κ2) is 16.4. The van der Waals surface area contributed by atoms with Crippen molar-refractivity contribution in [2.45, 2.75) is 91.8 Å². The molecule has 10 nitrogen and oxygen atoms in total. The van der Waals surface area contributed by atoms with Gasteiger partial charge in [0.2, 0.25) is 0 Å². The number of aromatic nitrogens is 2. The van der Waals surface area contributed by atoms with Gasteiger partial charge in [-0.15, -0.1) is 0 Å². The first-order valence-electron chi connectivity index (χ1n) is 17.5. The number of hydrogen-bond acceptors (Lipinski definition) is 10. The summed E-state index contributed by atoms with van der Waals surface area (Å²) >= 11 is 0. The van der Waals surface area contributed by atoms with Crippen LogP contribution in [0.15, 0.2) is 60.9 Å². The summed E-state index contributed by atoms with van der Waals surface area (Å²) in [6.45, 7) is 18.9. The second-order valence-corrected chi connectivity index (χ2v) is 13.4. The Kier molecular flexibility index (Phi) is 12.1. The van der Waals surface area contributed by atoms with E-state index in [1.54, 1.807) is 24.5 Å². The van der Waals surface area contributed by atoms with Crippen molar-refractivity contribution < 1.29 is 19.1 Å². The number of benzene rings is 1. The van der Waals surface area contributed by atoms with E-state index in [1.807, 2.05) is 39.8 Å². The smallest absolute Gasteiger partial charge is 0.342 e. The van der Waals surface area contributed by atoms with Gasteiger partial charge in [-0.2, -0.15) is 0 Å². The standard InChI is InChI=1S/C38H52N6O4/c1-7-41(31-16-20-43(25-31)35-33(14-10-18-39-35)37(45)47-27(3)4)23-29-12-9-13-30(22-29)24-42(8-2)32-17-21-44(26-32)36-34(15-11-19-40-36)38(46)48-28(5)6/h9-15,18-19,22,27-28,31-32H,7-8,16-17,20-21,23-26H2,1-6H3/t31-,32-/m1/s1. The molecule has 0 aliphatic carbocycles. The van der Waals surface area contributed by atoms with Crippen LogP contribution in [-0.2, 0) is 22.6 Å². The zero-order valence-corrected chi connectivity index (χ0v) is 29.5. The second-order valence-electron chi connectivity index (χ2n) is 13.4. The van der Waals surface area contributed by atoms with Crippen molar-refractivity contribution in [3.8, 4) is 0 Å². The van der Waals surface area contributed by atoms with Crippen LogP contribution in [0, 0.1) is 0 Å². The van der Waals surface area contributed by atoms with E-state index in [0.717, 1.165) is 65.2 Å². The summed E-state index contributed by atoms with van der Waals surface area (Å²) in [6, 6.07) is 16.9. The highest BCUT2D eigenvalue weighted by Crippen LogP contribution is 2.28. The van der Waals surface area contributed by atoms with E-state index < -0.39 is 0 Å². The van der Waals surface area contributed by atoms with Gasteiger partial charge in [0.05, 0.1) is 12.2 Å². The molecule has 2 saturated heterocycles. The lowest BCUT2D eigenvalue weighted by Crippen LogP contribution is -2.38. The Morgan fingerprint density at radius 2 is 1.17 bits per heavy atom. The molecule has 2 aliphatic heterocycles. The van der Waals surface area contributed by atoms with E-state index >= 15 is 0 Å². The molecule has 0 spiro atoms. The number of rotatable bonds is 14. The zero-order chi connectivity index (χ0) is 34.2. The SMILES string of the molecule is CCN(Cc1cccc(CN(CC)[C@@H]2CCN(c3ncccc3C(=O)OC(C)C)C2)c1)[C@@H]1CCN(c2ncccc2C(=O)OC(C)C)C1. The van der Waals surface area contributed by atoms with Crippen LogP contribution in [0.1, 0.15) is 86.2 Å². The molecule has 0 N–H and O–H groups in total. The van der Waals surface area contributed by atoms with E-state index in [0.29, 0.717) is 34.8 Å². The number of carbonyl (C=O) groups is 2. The minimum atomic E-state index is -0.319. The highest BCUT2D eigenvalue weighted by atomic mass is 16.5. The molecule has 10 heteroatoms. The van der Waals surface area contributed by atoms with Crippen molar-refractivity contribution in [1.82, 2.24) is 19.8 Å². The van der Waals surface area contributed by atoms with E-state index in [2.05, 4.69) is 67.7 Å². The fraction of sp³-hybridized carbons (Fsp3) is 0.526. The minimum Gasteiger partial charge on any atom is -0.459 e. The predicted octanol–water partition coefficient (Wildman–Crippen LogP) is 5.81. The van der Waals surface area contributed by atoms with Gasteiger partial charge in [-0.3, -0.25) is 9.80 Å². The summed E-state index contributed by atoms with van der Waals surface area (Å²) in [5.41, 5.74) is 3.67. The number of likely N-dealkylation sites (N-methyl/N-ethyl adjacent to an activating group) is 2. The van der Waals surface area contributed by atoms with Crippen LogP contribution in [0.2, 0.25) is 0 Å². The molecule has 0 saturated carbocycles. The maximum atomic E-state index is 12.8. The number of hydrogen-bond donors (Lipinski definition) is 0. The predicted molar refractivity (Wildman–Crippen MR) is 189 cm³/mol. The van der Waals surface area contributed by atoms with Crippen LogP contribution in [0.5, 0.6) is 0 Å². The quantitative estimate of drug-likeness (QED) is 0.198. The molecule has 0 amide bonds. The normalized spacial score (nSPS) is 18.0. The van der Waals surface area contributed by atoms with Gasteiger partial charge in [0.25, 0.3) is 0 Å². The van der Waals surface area contributed by atoms with Crippen molar-refractivity contribution >= 4 is 23.6 Å². The summed E-state index contributed by atoms with van der Waals surface area (Å²) < 4.78 is 11.0. The van der Waals surface area contributed by atoms with Crippen LogP contribution in [0.25, 0.3) is 0 Å². The number of anilines is 2. The van der Waals surface area contributed by atoms with Crippen molar-refractivity contribution in [2.24, 2.45) is 0 Å². The average molecular weight is 657 g/mol. The molecule has 0 radical (unpaired) electrons. The van der Waals surface area contributed by atoms with E-state index in [9.17, 15) is 9.59 Å². The Morgan fingerprint density at radius 3 is 1.56 bits per heavy atom. The molecular weight excluding hydrogens is 604 g/mol. The fourth-order valence-electron chi connectivity index (χ4n) is 6.93. The molecule has 2 fully saturated rings. The lowest BCUT2D eigenvalue weighted by atomic mass is 10.1. The molecule has 2 aromatic heterocycles. The third-order valence-corrected chi connectivity index (χ3v) is 9.23. The Morgan fingerprint density at radius 1 is 0.729 bits per heavy atom. The van der Waals surface area contributed by atoms with Gasteiger partial charge in [-0.25, -0.2) is 19.6 Å². The highest BCUT2D eigenvalue weighted by molar-refractivity contribution is 5.95. The van der Waals surface area contributed by atoms with Gasteiger partial charge < -0.3 is 19.3 Å². The summed E-state index contributed by atoms with van der Waals surface area (Å²) in [6.07, 6.45) is 5.17. The molecule has 48 heavy (non-hydrogen) atoms. The van der Waals surface area contributed by atoms with E-state index in [-0.39, 0.29) is 24.1 Å². The molecule has 2 aliphatic rings. The molecular formula is C38H52N6O4. The third kappa shape index (κ3) is 8.71. The van der Waals surface area contributed by atoms with Crippen molar-refractivity contribution in [3.63, 3.8) is 0 Å². The van der Waals surface area contributed by atoms with Crippen LogP contribution < -0.4 is 9.80 Å². The summed E-state index contributed by atoms with van der Waals surface area (Å²) in [5, 5.41) is 0. The molecule has 2 atom stereocenters. The number of carbonyl (C=O) groups excluding carboxylic acids is 2. The van der Waals surface area contributed by atoms with Gasteiger partial charge >= 0.3 is 11.9 Å². The van der Waals surface area contributed by atoms with Crippen molar-refractivity contribution in [2.75, 3.05) is 49.1 Å². The Labute approximate surface area is 286 Å². The lowest BCUT2D eigenvalue weighted by Gasteiger charge is -2.30. The van der Waals surface area contributed by atoms with Crippen LogP contribution in [-0.4, -0.2) is 95.3 Å². The van der Waals surface area contributed by atoms with Gasteiger partial charge in [-0.05, 0) is 89.0 Å². The molecule has 0 unspecified atom stereocenters. The molecule has 5 rings (SSSR count). The summed E-state index contributed by atoms with van der Waals surface area (Å²) in [4.78, 5) is 44.3. The van der Waals surface area contributed by atoms with Crippen LogP contribution in [0.3, 0.4) is 0 Å². The molecule has 1 aromatic carbocycles.